The van der Waals surface area contributed by atoms with E-state index in [2.05, 4.69) is 46.8 Å². The Balaban J connectivity index is 1.38. The van der Waals surface area contributed by atoms with Gasteiger partial charge >= 0.3 is 0 Å². The summed E-state index contributed by atoms with van der Waals surface area (Å²) in [7, 11) is 0. The molecule has 0 bridgehead atoms. The summed E-state index contributed by atoms with van der Waals surface area (Å²) in [6, 6.07) is 10.4. The first-order valence-corrected chi connectivity index (χ1v) is 11.2. The van der Waals surface area contributed by atoms with E-state index in [0.29, 0.717) is 6.42 Å². The summed E-state index contributed by atoms with van der Waals surface area (Å²) in [5.74, 6) is 2.53. The molecule has 4 rings (SSSR count). The van der Waals surface area contributed by atoms with Crippen LogP contribution < -0.4 is 14.5 Å². The summed E-state index contributed by atoms with van der Waals surface area (Å²) in [5.41, 5.74) is 3.75. The van der Waals surface area contributed by atoms with Gasteiger partial charge in [-0.25, -0.2) is 4.98 Å². The van der Waals surface area contributed by atoms with E-state index in [9.17, 15) is 4.79 Å². The van der Waals surface area contributed by atoms with Gasteiger partial charge in [0.15, 0.2) is 0 Å². The third kappa shape index (κ3) is 4.61. The molecule has 2 aliphatic rings. The minimum absolute atomic E-state index is 0.188. The van der Waals surface area contributed by atoms with Gasteiger partial charge in [-0.3, -0.25) is 0 Å². The highest BCUT2D eigenvalue weighted by Crippen LogP contribution is 2.32. The maximum Gasteiger partial charge on any atom is 0.133 e. The highest BCUT2D eigenvalue weighted by atomic mass is 16.5. The normalized spacial score (nSPS) is 19.9. The summed E-state index contributed by atoms with van der Waals surface area (Å²) in [6.45, 7) is 10.1. The van der Waals surface area contributed by atoms with Crippen LogP contribution in [-0.4, -0.2) is 43.1 Å². The fraction of sp³-hybridized carbons (Fsp3) is 0.520. The van der Waals surface area contributed by atoms with Crippen molar-refractivity contribution in [2.24, 2.45) is 0 Å². The van der Waals surface area contributed by atoms with Gasteiger partial charge in [0.05, 0.1) is 6.54 Å². The predicted molar refractivity (Wildman–Crippen MR) is 122 cm³/mol. The average molecular weight is 408 g/mol. The van der Waals surface area contributed by atoms with Crippen molar-refractivity contribution in [2.45, 2.75) is 58.5 Å². The Hall–Kier alpha value is -2.56. The molecule has 2 aromatic rings. The molecule has 0 unspecified atom stereocenters. The molecule has 3 heterocycles. The van der Waals surface area contributed by atoms with Gasteiger partial charge in [0.1, 0.15) is 23.5 Å². The van der Waals surface area contributed by atoms with Crippen LogP contribution in [0, 0.1) is 6.92 Å². The standard InChI is InChI=1S/C25H33N3O2/c1-18(16-19(2)29)21-6-8-22(9-7-21)30-23-11-15-28(17-23)24-10-12-26-25(20(24)3)27-13-4-5-14-27/h6-10,12,18,23H,4-5,11,13-17H2,1-3H3/t18-,23-/m1/s1. The summed E-state index contributed by atoms with van der Waals surface area (Å²) >= 11 is 0. The molecule has 0 spiro atoms. The molecule has 2 fully saturated rings. The van der Waals surface area contributed by atoms with Crippen LogP contribution in [0.4, 0.5) is 11.5 Å². The molecule has 0 N–H and O–H groups in total. The number of pyridine rings is 1. The van der Waals surface area contributed by atoms with Crippen molar-refractivity contribution in [3.63, 3.8) is 0 Å². The van der Waals surface area contributed by atoms with Crippen LogP contribution in [0.5, 0.6) is 5.75 Å². The van der Waals surface area contributed by atoms with E-state index in [1.165, 1.54) is 29.7 Å². The van der Waals surface area contributed by atoms with Crippen molar-refractivity contribution in [3.05, 3.63) is 47.7 Å². The largest absolute Gasteiger partial charge is 0.489 e. The van der Waals surface area contributed by atoms with E-state index >= 15 is 0 Å². The lowest BCUT2D eigenvalue weighted by Crippen LogP contribution is -2.26. The molecule has 5 nitrogen and oxygen atoms in total. The van der Waals surface area contributed by atoms with Crippen molar-refractivity contribution < 1.29 is 9.53 Å². The summed E-state index contributed by atoms with van der Waals surface area (Å²) in [5, 5.41) is 0. The maximum absolute atomic E-state index is 11.4. The molecule has 160 valence electrons. The van der Waals surface area contributed by atoms with E-state index in [1.54, 1.807) is 6.92 Å². The fourth-order valence-corrected chi connectivity index (χ4v) is 4.76. The number of carbonyl (C=O) groups is 1. The van der Waals surface area contributed by atoms with Crippen molar-refractivity contribution in [1.29, 1.82) is 0 Å². The van der Waals surface area contributed by atoms with Crippen LogP contribution in [0.25, 0.3) is 0 Å². The number of ketones is 1. The number of aromatic nitrogens is 1. The second-order valence-corrected chi connectivity index (χ2v) is 8.82. The molecule has 2 atom stereocenters. The number of hydrogen-bond donors (Lipinski definition) is 0. The van der Waals surface area contributed by atoms with Crippen molar-refractivity contribution in [2.75, 3.05) is 36.0 Å². The number of nitrogens with zero attached hydrogens (tertiary/aromatic N) is 3. The Morgan fingerprint density at radius 3 is 2.57 bits per heavy atom. The van der Waals surface area contributed by atoms with Crippen LogP contribution in [-0.2, 0) is 4.79 Å². The first-order chi connectivity index (χ1) is 14.5. The Kier molecular flexibility index (Phi) is 6.26. The zero-order chi connectivity index (χ0) is 21.1. The topological polar surface area (TPSA) is 45.7 Å². The van der Waals surface area contributed by atoms with Crippen LogP contribution in [0.15, 0.2) is 36.5 Å². The number of ether oxygens (including phenoxy) is 1. The molecule has 1 aromatic carbocycles. The minimum Gasteiger partial charge on any atom is -0.489 e. The molecule has 30 heavy (non-hydrogen) atoms. The van der Waals surface area contributed by atoms with E-state index in [1.807, 2.05) is 18.3 Å². The predicted octanol–water partition coefficient (Wildman–Crippen LogP) is 4.73. The van der Waals surface area contributed by atoms with Crippen LogP contribution >= 0.6 is 0 Å². The van der Waals surface area contributed by atoms with Crippen LogP contribution in [0.1, 0.15) is 56.6 Å². The lowest BCUT2D eigenvalue weighted by Gasteiger charge is -2.25. The van der Waals surface area contributed by atoms with Gasteiger partial charge in [0.2, 0.25) is 0 Å². The number of rotatable bonds is 7. The van der Waals surface area contributed by atoms with Gasteiger partial charge in [0.25, 0.3) is 0 Å². The van der Waals surface area contributed by atoms with Gasteiger partial charge in [-0.2, -0.15) is 0 Å². The lowest BCUT2D eigenvalue weighted by molar-refractivity contribution is -0.117. The van der Waals surface area contributed by atoms with Gasteiger partial charge in [-0.1, -0.05) is 19.1 Å². The molecule has 0 amide bonds. The molecular formula is C25H33N3O2. The SMILES string of the molecule is CC(=O)C[C@@H](C)c1ccc(O[C@@H]2CCN(c3ccnc(N4CCCC4)c3C)C2)cc1. The highest BCUT2D eigenvalue weighted by Gasteiger charge is 2.27. The molecule has 0 aliphatic carbocycles. The molecule has 2 saturated heterocycles. The third-order valence-corrected chi connectivity index (χ3v) is 6.39. The third-order valence-electron chi connectivity index (χ3n) is 6.39. The summed E-state index contributed by atoms with van der Waals surface area (Å²) in [6.07, 6.45) is 6.26. The van der Waals surface area contributed by atoms with Crippen molar-refractivity contribution in [1.82, 2.24) is 4.98 Å². The minimum atomic E-state index is 0.188. The monoisotopic (exact) mass is 407 g/mol. The van der Waals surface area contributed by atoms with Gasteiger partial charge in [-0.05, 0) is 56.4 Å². The van der Waals surface area contributed by atoms with Crippen LogP contribution in [0.3, 0.4) is 0 Å². The Bertz CT molecular complexity index is 874. The molecule has 0 saturated carbocycles. The van der Waals surface area contributed by atoms with E-state index < -0.39 is 0 Å². The van der Waals surface area contributed by atoms with Gasteiger partial charge in [-0.15, -0.1) is 0 Å². The van der Waals surface area contributed by atoms with Crippen molar-refractivity contribution in [3.8, 4) is 5.75 Å². The van der Waals surface area contributed by atoms with Gasteiger partial charge in [0, 0.05) is 49.9 Å². The first-order valence-electron chi connectivity index (χ1n) is 11.2. The van der Waals surface area contributed by atoms with Gasteiger partial charge < -0.3 is 19.3 Å². The maximum atomic E-state index is 11.4. The highest BCUT2D eigenvalue weighted by molar-refractivity contribution is 5.76. The number of benzene rings is 1. The number of Topliss-reactive ketones (excluding diaryl/α,β-unsaturated/α-hetero) is 1. The smallest absolute Gasteiger partial charge is 0.133 e. The zero-order valence-electron chi connectivity index (χ0n) is 18.4. The van der Waals surface area contributed by atoms with E-state index in [-0.39, 0.29) is 17.8 Å². The number of hydrogen-bond acceptors (Lipinski definition) is 5. The summed E-state index contributed by atoms with van der Waals surface area (Å²) in [4.78, 5) is 20.9. The second-order valence-electron chi connectivity index (χ2n) is 8.82. The zero-order valence-corrected chi connectivity index (χ0v) is 18.4. The fourth-order valence-electron chi connectivity index (χ4n) is 4.76. The average Bonchev–Trinajstić information content (AvgIpc) is 3.40. The molecule has 5 heteroatoms. The summed E-state index contributed by atoms with van der Waals surface area (Å²) < 4.78 is 6.28. The molecule has 0 radical (unpaired) electrons. The number of anilines is 2. The Morgan fingerprint density at radius 2 is 1.87 bits per heavy atom. The van der Waals surface area contributed by atoms with E-state index in [0.717, 1.165) is 44.2 Å². The van der Waals surface area contributed by atoms with Crippen LogP contribution in [0.2, 0.25) is 0 Å². The lowest BCUT2D eigenvalue weighted by atomic mass is 9.96. The number of carbonyl (C=O) groups excluding carboxylic acids is 1. The van der Waals surface area contributed by atoms with Crippen molar-refractivity contribution >= 4 is 17.3 Å². The first kappa shape index (κ1) is 20.7. The quantitative estimate of drug-likeness (QED) is 0.664. The van der Waals surface area contributed by atoms with E-state index in [4.69, 9.17) is 4.74 Å². The second kappa shape index (κ2) is 9.07. The molecule has 1 aromatic heterocycles. The molecular weight excluding hydrogens is 374 g/mol. The Labute approximate surface area is 180 Å². The molecule has 2 aliphatic heterocycles. The Morgan fingerprint density at radius 1 is 1.13 bits per heavy atom.